The Morgan fingerprint density at radius 3 is 2.38 bits per heavy atom. The summed E-state index contributed by atoms with van der Waals surface area (Å²) in [5.41, 5.74) is 0. The molecular formula is C10H15Cl3N2O4S2. The zero-order valence-electron chi connectivity index (χ0n) is 11.6. The van der Waals surface area contributed by atoms with Crippen molar-refractivity contribution in [2.24, 2.45) is 5.16 Å². The van der Waals surface area contributed by atoms with Gasteiger partial charge in [0.25, 0.3) is 3.12 Å². The Morgan fingerprint density at radius 2 is 1.90 bits per heavy atom. The molecule has 0 unspecified atom stereocenters. The van der Waals surface area contributed by atoms with Crippen molar-refractivity contribution >= 4 is 75.6 Å². The summed E-state index contributed by atoms with van der Waals surface area (Å²) < 4.78 is 4.10. The van der Waals surface area contributed by atoms with Gasteiger partial charge >= 0.3 is 12.1 Å². The van der Waals surface area contributed by atoms with Crippen molar-refractivity contribution in [3.05, 3.63) is 0 Å². The topological polar surface area (TPSA) is 68.2 Å². The number of halogens is 3. The van der Waals surface area contributed by atoms with E-state index in [1.54, 1.807) is 6.92 Å². The molecule has 0 saturated heterocycles. The molecule has 0 aliphatic heterocycles. The molecule has 0 aromatic carbocycles. The molecule has 0 heterocycles. The van der Waals surface area contributed by atoms with Crippen LogP contribution in [0.3, 0.4) is 0 Å². The highest BCUT2D eigenvalue weighted by atomic mass is 35.6. The maximum Gasteiger partial charge on any atom is 0.445 e. The van der Waals surface area contributed by atoms with Gasteiger partial charge in [-0.3, -0.25) is 9.63 Å². The maximum atomic E-state index is 11.6. The largest absolute Gasteiger partial charge is 0.465 e. The van der Waals surface area contributed by atoms with Gasteiger partial charge in [-0.1, -0.05) is 58.6 Å². The van der Waals surface area contributed by atoms with E-state index >= 15 is 0 Å². The lowest BCUT2D eigenvalue weighted by Crippen LogP contribution is -2.22. The van der Waals surface area contributed by atoms with Crippen LogP contribution in [0.25, 0.3) is 0 Å². The number of esters is 1. The van der Waals surface area contributed by atoms with Gasteiger partial charge in [-0.2, -0.15) is 0 Å². The Hall–Kier alpha value is -0.0200. The average molecular weight is 398 g/mol. The van der Waals surface area contributed by atoms with Crippen LogP contribution in [0.4, 0.5) is 4.79 Å². The quantitative estimate of drug-likeness (QED) is 0.128. The number of carbonyl (C=O) groups excluding carboxylic acids is 2. The molecule has 21 heavy (non-hydrogen) atoms. The minimum atomic E-state index is -1.68. The summed E-state index contributed by atoms with van der Waals surface area (Å²) in [6.07, 6.45) is -0.299. The van der Waals surface area contributed by atoms with E-state index in [9.17, 15) is 9.59 Å². The lowest BCUT2D eigenvalue weighted by Gasteiger charge is -2.17. The van der Waals surface area contributed by atoms with Gasteiger partial charge < -0.3 is 4.74 Å². The first-order valence-corrected chi connectivity index (χ1v) is 8.64. The molecular weight excluding hydrogens is 383 g/mol. The molecule has 0 radical (unpaired) electrons. The Bertz CT molecular complexity index is 391. The fourth-order valence-electron chi connectivity index (χ4n) is 0.878. The molecule has 0 rings (SSSR count). The predicted molar refractivity (Wildman–Crippen MR) is 88.9 cm³/mol. The van der Waals surface area contributed by atoms with Crippen molar-refractivity contribution < 1.29 is 19.2 Å². The molecule has 0 aliphatic rings. The number of rotatable bonds is 6. The van der Waals surface area contributed by atoms with Crippen molar-refractivity contribution in [2.75, 3.05) is 19.4 Å². The second kappa shape index (κ2) is 10.7. The summed E-state index contributed by atoms with van der Waals surface area (Å²) in [6.45, 7) is 3.84. The number of amides is 1. The van der Waals surface area contributed by atoms with Gasteiger partial charge in [-0.25, -0.2) is 9.10 Å². The third kappa shape index (κ3) is 11.2. The number of alkyl halides is 3. The molecule has 0 atom stereocenters. The highest BCUT2D eigenvalue weighted by Gasteiger charge is 2.27. The second-order valence-corrected chi connectivity index (χ2v) is 8.67. The number of hydrogen-bond acceptors (Lipinski definition) is 7. The van der Waals surface area contributed by atoms with Crippen LogP contribution in [0.1, 0.15) is 20.3 Å². The number of thioether (sulfide) groups is 1. The van der Waals surface area contributed by atoms with Gasteiger partial charge in [-0.05, 0) is 13.3 Å². The Balaban J connectivity index is 4.33. The maximum absolute atomic E-state index is 11.6. The van der Waals surface area contributed by atoms with Gasteiger partial charge in [0.05, 0.1) is 12.4 Å². The average Bonchev–Trinajstić information content (AvgIpc) is 2.36. The number of ether oxygens (including phenoxy) is 1. The number of carbonyl (C=O) groups is 2. The molecule has 0 aromatic heterocycles. The normalized spacial score (nSPS) is 12.0. The van der Waals surface area contributed by atoms with Crippen molar-refractivity contribution in [1.82, 2.24) is 4.31 Å². The number of nitrogens with zero attached hydrogens (tertiary/aromatic N) is 2. The van der Waals surface area contributed by atoms with Crippen LogP contribution < -0.4 is 0 Å². The minimum Gasteiger partial charge on any atom is -0.465 e. The molecule has 0 saturated carbocycles. The van der Waals surface area contributed by atoms with Crippen LogP contribution in [-0.4, -0.2) is 43.9 Å². The van der Waals surface area contributed by atoms with Gasteiger partial charge in [0, 0.05) is 19.0 Å². The van der Waals surface area contributed by atoms with E-state index < -0.39 is 9.22 Å². The summed E-state index contributed by atoms with van der Waals surface area (Å²) in [7, 11) is 1.38. The van der Waals surface area contributed by atoms with Crippen LogP contribution in [-0.2, 0) is 14.4 Å². The van der Waals surface area contributed by atoms with Gasteiger partial charge in [-0.15, -0.1) is 0 Å². The molecule has 0 bridgehead atoms. The fraction of sp³-hybridized carbons (Fsp3) is 0.700. The molecule has 0 aliphatic carbocycles. The summed E-state index contributed by atoms with van der Waals surface area (Å²) >= 11 is 18.4. The van der Waals surface area contributed by atoms with E-state index in [0.717, 1.165) is 16.1 Å². The van der Waals surface area contributed by atoms with Gasteiger partial charge in [0.2, 0.25) is 0 Å². The van der Waals surface area contributed by atoms with E-state index in [-0.39, 0.29) is 11.7 Å². The van der Waals surface area contributed by atoms with E-state index in [1.807, 2.05) is 6.92 Å². The summed E-state index contributed by atoms with van der Waals surface area (Å²) in [5.74, 6) is -0.268. The van der Waals surface area contributed by atoms with Crippen LogP contribution in [0.2, 0.25) is 0 Å². The van der Waals surface area contributed by atoms with Gasteiger partial charge in [0.1, 0.15) is 5.04 Å². The molecule has 0 N–H and O–H groups in total. The first kappa shape index (κ1) is 21.0. The molecule has 0 aromatic rings. The summed E-state index contributed by atoms with van der Waals surface area (Å²) in [5, 5.41) is 4.14. The SMILES string of the molecule is CCOC(=O)CS/C(CC)=N/OC(=O)N(C)SC(Cl)(Cl)Cl. The Kier molecular flexibility index (Phi) is 10.7. The Labute approximate surface area is 146 Å². The lowest BCUT2D eigenvalue weighted by atomic mass is 10.5. The molecule has 1 amide bonds. The zero-order valence-corrected chi connectivity index (χ0v) is 15.5. The molecule has 0 fully saturated rings. The smallest absolute Gasteiger partial charge is 0.445 e. The van der Waals surface area contributed by atoms with E-state index in [0.29, 0.717) is 30.0 Å². The highest BCUT2D eigenvalue weighted by molar-refractivity contribution is 8.14. The first-order valence-electron chi connectivity index (χ1n) is 5.75. The van der Waals surface area contributed by atoms with Crippen LogP contribution >= 0.6 is 58.5 Å². The van der Waals surface area contributed by atoms with Crippen molar-refractivity contribution in [1.29, 1.82) is 0 Å². The lowest BCUT2D eigenvalue weighted by molar-refractivity contribution is -0.139. The van der Waals surface area contributed by atoms with Crippen LogP contribution in [0.15, 0.2) is 5.16 Å². The van der Waals surface area contributed by atoms with Crippen molar-refractivity contribution in [3.63, 3.8) is 0 Å². The van der Waals surface area contributed by atoms with Crippen LogP contribution in [0.5, 0.6) is 0 Å². The molecule has 0 spiro atoms. The second-order valence-electron chi connectivity index (χ2n) is 3.32. The van der Waals surface area contributed by atoms with Gasteiger partial charge in [0.15, 0.2) is 0 Å². The minimum absolute atomic E-state index is 0.0941. The number of hydrogen-bond donors (Lipinski definition) is 0. The van der Waals surface area contributed by atoms with E-state index in [4.69, 9.17) is 44.4 Å². The fourth-order valence-corrected chi connectivity index (χ4v) is 2.89. The molecule has 122 valence electrons. The highest BCUT2D eigenvalue weighted by Crippen LogP contribution is 2.40. The zero-order chi connectivity index (χ0) is 16.5. The van der Waals surface area contributed by atoms with Crippen molar-refractivity contribution in [2.45, 2.75) is 23.4 Å². The van der Waals surface area contributed by atoms with Crippen molar-refractivity contribution in [3.8, 4) is 0 Å². The predicted octanol–water partition coefficient (Wildman–Crippen LogP) is 4.05. The standard InChI is InChI=1S/C10H15Cl3N2O4S2/c1-4-7(20-6-8(16)18-5-2)14-19-9(17)15(3)21-10(11,12)13/h4-6H2,1-3H3/b14-7+. The molecule has 11 heteroatoms. The monoisotopic (exact) mass is 396 g/mol. The third-order valence-electron chi connectivity index (χ3n) is 1.69. The Morgan fingerprint density at radius 1 is 1.29 bits per heavy atom. The summed E-state index contributed by atoms with van der Waals surface area (Å²) in [6, 6.07) is 0. The van der Waals surface area contributed by atoms with E-state index in [2.05, 4.69) is 5.16 Å². The summed E-state index contributed by atoms with van der Waals surface area (Å²) in [4.78, 5) is 27.5. The first-order chi connectivity index (χ1) is 9.69. The molecule has 6 nitrogen and oxygen atoms in total. The number of oxime groups is 1. The van der Waals surface area contributed by atoms with Crippen LogP contribution in [0, 0.1) is 0 Å². The van der Waals surface area contributed by atoms with E-state index in [1.165, 1.54) is 7.05 Å². The third-order valence-corrected chi connectivity index (χ3v) is 4.01.